The van der Waals surface area contributed by atoms with E-state index in [1.807, 2.05) is 36.4 Å². The van der Waals surface area contributed by atoms with Crippen molar-refractivity contribution in [3.63, 3.8) is 0 Å². The van der Waals surface area contributed by atoms with Gasteiger partial charge in [0.25, 0.3) is 0 Å². The fourth-order valence-corrected chi connectivity index (χ4v) is 3.57. The van der Waals surface area contributed by atoms with Gasteiger partial charge in [-0.05, 0) is 30.8 Å². The predicted octanol–water partition coefficient (Wildman–Crippen LogP) is 4.18. The van der Waals surface area contributed by atoms with E-state index in [4.69, 9.17) is 9.15 Å². The minimum Gasteiger partial charge on any atom is -0.497 e. The molecule has 3 rings (SSSR count). The Kier molecular flexibility index (Phi) is 6.71. The van der Waals surface area contributed by atoms with Crippen molar-refractivity contribution in [2.24, 2.45) is 0 Å². The molecule has 2 aromatic carbocycles. The number of nitrogens with one attached hydrogen (secondary N) is 1. The number of rotatable bonds is 9. The number of likely N-dealkylation sites (N-methyl/N-ethyl adjacent to an activating group) is 1. The molecule has 0 radical (unpaired) electrons. The van der Waals surface area contributed by atoms with E-state index >= 15 is 0 Å². The van der Waals surface area contributed by atoms with Gasteiger partial charge in [-0.3, -0.25) is 9.69 Å². The summed E-state index contributed by atoms with van der Waals surface area (Å²) in [4.78, 5) is 15.0. The van der Waals surface area contributed by atoms with Gasteiger partial charge in [0.1, 0.15) is 11.3 Å². The monoisotopic (exact) mass is 380 g/mol. The summed E-state index contributed by atoms with van der Waals surface area (Å²) in [5, 5.41) is 4.05. The zero-order valence-corrected chi connectivity index (χ0v) is 16.8. The number of methoxy groups -OCH3 is 1. The van der Waals surface area contributed by atoms with Crippen molar-refractivity contribution < 1.29 is 13.9 Å². The number of benzene rings is 2. The largest absolute Gasteiger partial charge is 0.497 e. The molecule has 1 heterocycles. The van der Waals surface area contributed by atoms with E-state index in [1.54, 1.807) is 13.4 Å². The van der Waals surface area contributed by atoms with Gasteiger partial charge >= 0.3 is 0 Å². The molecule has 1 N–H and O–H groups in total. The SMILES string of the molecule is CCN(CC)C(CNC(=O)Cc1coc2cc(OC)ccc12)c1ccccc1. The Balaban J connectivity index is 1.68. The smallest absolute Gasteiger partial charge is 0.224 e. The number of hydrogen-bond acceptors (Lipinski definition) is 4. The summed E-state index contributed by atoms with van der Waals surface area (Å²) in [5.74, 6) is 0.731. The van der Waals surface area contributed by atoms with Crippen LogP contribution < -0.4 is 10.1 Å². The van der Waals surface area contributed by atoms with Crippen molar-refractivity contribution in [3.8, 4) is 5.75 Å². The van der Waals surface area contributed by atoms with Crippen molar-refractivity contribution in [2.45, 2.75) is 26.3 Å². The fourth-order valence-electron chi connectivity index (χ4n) is 3.57. The van der Waals surface area contributed by atoms with Gasteiger partial charge in [-0.1, -0.05) is 44.2 Å². The van der Waals surface area contributed by atoms with E-state index in [1.165, 1.54) is 5.56 Å². The van der Waals surface area contributed by atoms with Gasteiger partial charge in [-0.25, -0.2) is 0 Å². The van der Waals surface area contributed by atoms with Crippen molar-refractivity contribution in [2.75, 3.05) is 26.7 Å². The number of nitrogens with zero attached hydrogens (tertiary/aromatic N) is 1. The topological polar surface area (TPSA) is 54.7 Å². The maximum atomic E-state index is 12.6. The highest BCUT2D eigenvalue weighted by molar-refractivity contribution is 5.88. The highest BCUT2D eigenvalue weighted by Gasteiger charge is 2.19. The Morgan fingerprint density at radius 1 is 1.14 bits per heavy atom. The first-order valence-corrected chi connectivity index (χ1v) is 9.76. The number of carbonyl (C=O) groups excluding carboxylic acids is 1. The first-order chi connectivity index (χ1) is 13.7. The highest BCUT2D eigenvalue weighted by atomic mass is 16.5. The predicted molar refractivity (Wildman–Crippen MR) is 112 cm³/mol. The lowest BCUT2D eigenvalue weighted by atomic mass is 10.0. The van der Waals surface area contributed by atoms with Gasteiger partial charge < -0.3 is 14.5 Å². The number of carbonyl (C=O) groups is 1. The molecule has 1 aromatic heterocycles. The molecular weight excluding hydrogens is 352 g/mol. The van der Waals surface area contributed by atoms with E-state index in [-0.39, 0.29) is 11.9 Å². The van der Waals surface area contributed by atoms with Crippen LogP contribution in [0.4, 0.5) is 0 Å². The van der Waals surface area contributed by atoms with Gasteiger partial charge in [-0.15, -0.1) is 0 Å². The molecule has 5 nitrogen and oxygen atoms in total. The quantitative estimate of drug-likeness (QED) is 0.605. The Morgan fingerprint density at radius 3 is 2.57 bits per heavy atom. The third-order valence-electron chi connectivity index (χ3n) is 5.14. The van der Waals surface area contributed by atoms with E-state index < -0.39 is 0 Å². The van der Waals surface area contributed by atoms with Crippen LogP contribution in [-0.4, -0.2) is 37.6 Å². The molecule has 1 atom stereocenters. The zero-order chi connectivity index (χ0) is 19.9. The number of amides is 1. The molecule has 0 spiro atoms. The Hall–Kier alpha value is -2.79. The molecule has 28 heavy (non-hydrogen) atoms. The summed E-state index contributed by atoms with van der Waals surface area (Å²) in [7, 11) is 1.62. The molecular formula is C23H28N2O3. The molecule has 5 heteroatoms. The third-order valence-corrected chi connectivity index (χ3v) is 5.14. The average molecular weight is 380 g/mol. The Labute approximate surface area is 166 Å². The van der Waals surface area contributed by atoms with Gasteiger partial charge in [0.05, 0.1) is 25.8 Å². The molecule has 1 amide bonds. The minimum atomic E-state index is -0.00777. The second-order valence-electron chi connectivity index (χ2n) is 6.75. The maximum Gasteiger partial charge on any atom is 0.224 e. The van der Waals surface area contributed by atoms with Crippen LogP contribution in [0.25, 0.3) is 11.0 Å². The molecule has 0 aliphatic rings. The summed E-state index contributed by atoms with van der Waals surface area (Å²) < 4.78 is 10.8. The molecule has 0 bridgehead atoms. The van der Waals surface area contributed by atoms with Crippen molar-refractivity contribution in [1.82, 2.24) is 10.2 Å². The molecule has 1 unspecified atom stereocenters. The summed E-state index contributed by atoms with van der Waals surface area (Å²) in [5.41, 5.74) is 2.83. The van der Waals surface area contributed by atoms with Gasteiger partial charge in [0, 0.05) is 23.6 Å². The van der Waals surface area contributed by atoms with Crippen LogP contribution in [0.3, 0.4) is 0 Å². The van der Waals surface area contributed by atoms with Gasteiger partial charge in [0.15, 0.2) is 0 Å². The zero-order valence-electron chi connectivity index (χ0n) is 16.8. The van der Waals surface area contributed by atoms with Crippen molar-refractivity contribution in [3.05, 3.63) is 65.9 Å². The van der Waals surface area contributed by atoms with E-state index in [0.29, 0.717) is 13.0 Å². The molecule has 148 valence electrons. The summed E-state index contributed by atoms with van der Waals surface area (Å²) >= 11 is 0. The summed E-state index contributed by atoms with van der Waals surface area (Å²) in [6, 6.07) is 16.1. The first-order valence-electron chi connectivity index (χ1n) is 9.76. The number of fused-ring (bicyclic) bond motifs is 1. The normalized spacial score (nSPS) is 12.3. The average Bonchev–Trinajstić information content (AvgIpc) is 3.13. The molecule has 0 saturated carbocycles. The van der Waals surface area contributed by atoms with Crippen LogP contribution in [0.15, 0.2) is 59.2 Å². The molecule has 0 fully saturated rings. The number of ether oxygens (including phenoxy) is 1. The fraction of sp³-hybridized carbons (Fsp3) is 0.348. The summed E-state index contributed by atoms with van der Waals surface area (Å²) in [6.07, 6.45) is 1.95. The van der Waals surface area contributed by atoms with Crippen LogP contribution in [-0.2, 0) is 11.2 Å². The maximum absolute atomic E-state index is 12.6. The standard InChI is InChI=1S/C23H28N2O3/c1-4-25(5-2)21(17-9-7-6-8-10-17)15-24-23(26)13-18-16-28-22-14-19(27-3)11-12-20(18)22/h6-12,14,16,21H,4-5,13,15H2,1-3H3,(H,24,26). The van der Waals surface area contributed by atoms with Crippen LogP contribution in [0, 0.1) is 0 Å². The first kappa shape index (κ1) is 20.0. The van der Waals surface area contributed by atoms with Crippen LogP contribution in [0.2, 0.25) is 0 Å². The summed E-state index contributed by atoms with van der Waals surface area (Å²) in [6.45, 7) is 6.73. The second kappa shape index (κ2) is 9.42. The third kappa shape index (κ3) is 4.54. The molecule has 3 aromatic rings. The van der Waals surface area contributed by atoms with Gasteiger partial charge in [-0.2, -0.15) is 0 Å². The number of hydrogen-bond donors (Lipinski definition) is 1. The lowest BCUT2D eigenvalue weighted by Crippen LogP contribution is -2.38. The lowest BCUT2D eigenvalue weighted by Gasteiger charge is -2.30. The molecule has 0 aliphatic carbocycles. The molecule has 0 aliphatic heterocycles. The minimum absolute atomic E-state index is 0.00777. The van der Waals surface area contributed by atoms with Crippen LogP contribution in [0.1, 0.15) is 31.0 Å². The highest BCUT2D eigenvalue weighted by Crippen LogP contribution is 2.26. The van der Waals surface area contributed by atoms with Crippen LogP contribution in [0.5, 0.6) is 5.75 Å². The second-order valence-corrected chi connectivity index (χ2v) is 6.75. The van der Waals surface area contributed by atoms with Gasteiger partial charge in [0.2, 0.25) is 5.91 Å². The van der Waals surface area contributed by atoms with Crippen molar-refractivity contribution in [1.29, 1.82) is 0 Å². The Morgan fingerprint density at radius 2 is 1.89 bits per heavy atom. The van der Waals surface area contributed by atoms with Crippen molar-refractivity contribution >= 4 is 16.9 Å². The molecule has 0 saturated heterocycles. The van der Waals surface area contributed by atoms with Crippen LogP contribution >= 0.6 is 0 Å². The van der Waals surface area contributed by atoms with E-state index in [9.17, 15) is 4.79 Å². The Bertz CT molecular complexity index is 901. The van der Waals surface area contributed by atoms with E-state index in [2.05, 4.69) is 36.2 Å². The lowest BCUT2D eigenvalue weighted by molar-refractivity contribution is -0.120. The number of furan rings is 1. The van der Waals surface area contributed by atoms with E-state index in [0.717, 1.165) is 35.4 Å².